The summed E-state index contributed by atoms with van der Waals surface area (Å²) in [6, 6.07) is 9.84. The highest BCUT2D eigenvalue weighted by molar-refractivity contribution is 5.93. The van der Waals surface area contributed by atoms with Gasteiger partial charge in [0.05, 0.1) is 20.4 Å². The van der Waals surface area contributed by atoms with Gasteiger partial charge in [-0.05, 0) is 42.7 Å². The Morgan fingerprint density at radius 1 is 1.08 bits per heavy atom. The lowest BCUT2D eigenvalue weighted by molar-refractivity contribution is 0.356. The molecule has 1 heterocycles. The normalized spacial score (nSPS) is 12.0. The van der Waals surface area contributed by atoms with Gasteiger partial charge in [-0.25, -0.2) is 0 Å². The van der Waals surface area contributed by atoms with Crippen LogP contribution in [0.5, 0.6) is 11.5 Å². The molecule has 0 unspecified atom stereocenters. The second-order valence-corrected chi connectivity index (χ2v) is 5.90. The molecule has 0 amide bonds. The van der Waals surface area contributed by atoms with E-state index in [-0.39, 0.29) is 0 Å². The van der Waals surface area contributed by atoms with Gasteiger partial charge in [-0.15, -0.1) is 5.10 Å². The highest BCUT2D eigenvalue weighted by Gasteiger charge is 2.15. The quantitative estimate of drug-likeness (QED) is 0.694. The monoisotopic (exact) mass is 338 g/mol. The van der Waals surface area contributed by atoms with E-state index in [1.807, 2.05) is 24.3 Å². The maximum absolute atomic E-state index is 6.38. The molecule has 2 aromatic carbocycles. The van der Waals surface area contributed by atoms with E-state index in [4.69, 9.17) is 15.2 Å². The largest absolute Gasteiger partial charge is 0.493 e. The Hall–Kier alpha value is -2.86. The maximum atomic E-state index is 6.38. The number of aromatic nitrogens is 2. The van der Waals surface area contributed by atoms with Crippen LogP contribution in [0.4, 0.5) is 5.82 Å². The van der Waals surface area contributed by atoms with Crippen LogP contribution >= 0.6 is 0 Å². The van der Waals surface area contributed by atoms with Gasteiger partial charge in [-0.2, -0.15) is 5.10 Å². The van der Waals surface area contributed by atoms with Crippen molar-refractivity contribution < 1.29 is 9.47 Å². The lowest BCUT2D eigenvalue weighted by atomic mass is 10.0. The fraction of sp³-hybridized carbons (Fsp3) is 0.263. The van der Waals surface area contributed by atoms with E-state index in [0.29, 0.717) is 17.3 Å². The first-order valence-electron chi connectivity index (χ1n) is 8.00. The van der Waals surface area contributed by atoms with Gasteiger partial charge in [0, 0.05) is 10.8 Å². The second kappa shape index (κ2) is 6.94. The first-order chi connectivity index (χ1) is 12.0. The predicted octanol–water partition coefficient (Wildman–Crippen LogP) is 3.33. The van der Waals surface area contributed by atoms with Gasteiger partial charge < -0.3 is 20.5 Å². The van der Waals surface area contributed by atoms with Crippen molar-refractivity contribution in [3.63, 3.8) is 0 Å². The molecule has 3 aromatic rings. The minimum atomic E-state index is -0.395. The number of methoxy groups -OCH3 is 2. The molecule has 25 heavy (non-hydrogen) atoms. The third-order valence-electron chi connectivity index (χ3n) is 4.44. The number of nitrogens with one attached hydrogen (secondary N) is 1. The summed E-state index contributed by atoms with van der Waals surface area (Å²) in [6.45, 7) is 4.13. The SMILES string of the molecule is COc1cc2cnnc(N[C@H](N)c3cccc(C)c3C)c2cc1OC. The number of hydrogen-bond donors (Lipinski definition) is 2. The molecule has 0 aliphatic carbocycles. The Kier molecular flexibility index (Phi) is 4.72. The molecule has 0 bridgehead atoms. The Labute approximate surface area is 147 Å². The highest BCUT2D eigenvalue weighted by atomic mass is 16.5. The third kappa shape index (κ3) is 3.21. The van der Waals surface area contributed by atoms with Crippen LogP contribution in [-0.4, -0.2) is 24.4 Å². The van der Waals surface area contributed by atoms with Gasteiger partial charge in [0.15, 0.2) is 17.3 Å². The smallest absolute Gasteiger partial charge is 0.161 e. The summed E-state index contributed by atoms with van der Waals surface area (Å²) in [5.74, 6) is 1.88. The maximum Gasteiger partial charge on any atom is 0.161 e. The molecule has 0 aliphatic rings. The minimum Gasteiger partial charge on any atom is -0.493 e. The van der Waals surface area contributed by atoms with E-state index < -0.39 is 6.17 Å². The standard InChI is InChI=1S/C19H22N4O2/c1-11-6-5-7-14(12(11)2)18(20)22-19-15-9-17(25-4)16(24-3)8-13(15)10-21-23-19/h5-10,18H,20H2,1-4H3,(H,22,23)/t18-/m0/s1. The summed E-state index contributed by atoms with van der Waals surface area (Å²) in [6.07, 6.45) is 1.29. The molecule has 0 saturated carbocycles. The number of benzene rings is 2. The number of aryl methyl sites for hydroxylation is 1. The number of fused-ring (bicyclic) bond motifs is 1. The van der Waals surface area contributed by atoms with E-state index in [1.54, 1.807) is 20.4 Å². The highest BCUT2D eigenvalue weighted by Crippen LogP contribution is 2.34. The van der Waals surface area contributed by atoms with Crippen molar-refractivity contribution in [1.82, 2.24) is 10.2 Å². The molecular formula is C19H22N4O2. The first-order valence-corrected chi connectivity index (χ1v) is 8.00. The minimum absolute atomic E-state index is 0.395. The zero-order chi connectivity index (χ0) is 18.0. The van der Waals surface area contributed by atoms with Crippen LogP contribution in [0, 0.1) is 13.8 Å². The van der Waals surface area contributed by atoms with Crippen molar-refractivity contribution in [1.29, 1.82) is 0 Å². The van der Waals surface area contributed by atoms with Crippen LogP contribution in [0.15, 0.2) is 36.5 Å². The van der Waals surface area contributed by atoms with E-state index in [9.17, 15) is 0 Å². The lowest BCUT2D eigenvalue weighted by Gasteiger charge is -2.19. The molecule has 6 heteroatoms. The van der Waals surface area contributed by atoms with Crippen molar-refractivity contribution in [2.75, 3.05) is 19.5 Å². The number of hydrogen-bond acceptors (Lipinski definition) is 6. The summed E-state index contributed by atoms with van der Waals surface area (Å²) >= 11 is 0. The van der Waals surface area contributed by atoms with Crippen molar-refractivity contribution in [2.24, 2.45) is 5.73 Å². The van der Waals surface area contributed by atoms with Gasteiger partial charge in [0.25, 0.3) is 0 Å². The van der Waals surface area contributed by atoms with Crippen LogP contribution in [0.25, 0.3) is 10.8 Å². The van der Waals surface area contributed by atoms with Gasteiger partial charge in [0.1, 0.15) is 6.17 Å². The molecule has 1 atom stereocenters. The summed E-state index contributed by atoms with van der Waals surface area (Å²) in [4.78, 5) is 0. The Morgan fingerprint density at radius 2 is 1.80 bits per heavy atom. The fourth-order valence-electron chi connectivity index (χ4n) is 2.85. The molecule has 0 aliphatic heterocycles. The van der Waals surface area contributed by atoms with E-state index in [0.717, 1.165) is 21.9 Å². The van der Waals surface area contributed by atoms with Gasteiger partial charge in [0.2, 0.25) is 0 Å². The fourth-order valence-corrected chi connectivity index (χ4v) is 2.85. The molecule has 1 aromatic heterocycles. The average Bonchev–Trinajstić information content (AvgIpc) is 2.63. The molecule has 3 rings (SSSR count). The summed E-state index contributed by atoms with van der Waals surface area (Å²) < 4.78 is 10.7. The number of anilines is 1. The van der Waals surface area contributed by atoms with E-state index in [2.05, 4.69) is 35.4 Å². The number of nitrogens with two attached hydrogens (primary N) is 1. The Bertz CT molecular complexity index is 911. The van der Waals surface area contributed by atoms with E-state index in [1.165, 1.54) is 5.56 Å². The molecule has 0 spiro atoms. The molecule has 130 valence electrons. The van der Waals surface area contributed by atoms with Crippen LogP contribution in [0.3, 0.4) is 0 Å². The van der Waals surface area contributed by atoms with Crippen LogP contribution in [0.1, 0.15) is 22.9 Å². The number of ether oxygens (including phenoxy) is 2. The zero-order valence-electron chi connectivity index (χ0n) is 14.8. The van der Waals surface area contributed by atoms with Crippen LogP contribution < -0.4 is 20.5 Å². The Morgan fingerprint density at radius 3 is 2.52 bits per heavy atom. The molecule has 0 saturated heterocycles. The first kappa shape index (κ1) is 17.0. The molecular weight excluding hydrogens is 316 g/mol. The van der Waals surface area contributed by atoms with Crippen molar-refractivity contribution in [2.45, 2.75) is 20.0 Å². The molecule has 0 fully saturated rings. The van der Waals surface area contributed by atoms with E-state index >= 15 is 0 Å². The number of rotatable bonds is 5. The lowest BCUT2D eigenvalue weighted by Crippen LogP contribution is -2.22. The molecule has 3 N–H and O–H groups in total. The average molecular weight is 338 g/mol. The van der Waals surface area contributed by atoms with Crippen LogP contribution in [-0.2, 0) is 0 Å². The number of nitrogens with zero attached hydrogens (tertiary/aromatic N) is 2. The van der Waals surface area contributed by atoms with Crippen LogP contribution in [0.2, 0.25) is 0 Å². The zero-order valence-corrected chi connectivity index (χ0v) is 14.8. The van der Waals surface area contributed by atoms with Crippen molar-refractivity contribution in [3.8, 4) is 11.5 Å². The summed E-state index contributed by atoms with van der Waals surface area (Å²) in [5.41, 5.74) is 9.77. The second-order valence-electron chi connectivity index (χ2n) is 5.90. The van der Waals surface area contributed by atoms with Crippen molar-refractivity contribution >= 4 is 16.6 Å². The van der Waals surface area contributed by atoms with Gasteiger partial charge >= 0.3 is 0 Å². The van der Waals surface area contributed by atoms with Gasteiger partial charge in [-0.3, -0.25) is 0 Å². The molecule has 0 radical (unpaired) electrons. The topological polar surface area (TPSA) is 82.3 Å². The van der Waals surface area contributed by atoms with Crippen molar-refractivity contribution in [3.05, 3.63) is 53.2 Å². The molecule has 6 nitrogen and oxygen atoms in total. The summed E-state index contributed by atoms with van der Waals surface area (Å²) in [7, 11) is 3.21. The van der Waals surface area contributed by atoms with Gasteiger partial charge in [-0.1, -0.05) is 18.2 Å². The Balaban J connectivity index is 2.02. The third-order valence-corrected chi connectivity index (χ3v) is 4.44. The predicted molar refractivity (Wildman–Crippen MR) is 99.1 cm³/mol. The summed E-state index contributed by atoms with van der Waals surface area (Å²) in [5, 5.41) is 13.3.